The standard InChI is InChI=1S/C25H34N4O7S/c1-6-7-14-26-25(31)19(3)27(16-20-11-9-8-10-18(20)2)24(30)17-28(37(5,34)35)22-15-21(29(32)33)12-13-23(22)36-4/h8-13,15,19H,6-7,14,16-17H2,1-5H3,(H,26,31). The third kappa shape index (κ3) is 7.91. The molecular weight excluding hydrogens is 500 g/mol. The van der Waals surface area contributed by atoms with Crippen LogP contribution in [0.4, 0.5) is 11.4 Å². The number of anilines is 1. The zero-order chi connectivity index (χ0) is 27.8. The summed E-state index contributed by atoms with van der Waals surface area (Å²) < 4.78 is 31.6. The summed E-state index contributed by atoms with van der Waals surface area (Å²) in [4.78, 5) is 38.5. The van der Waals surface area contributed by atoms with Gasteiger partial charge in [-0.25, -0.2) is 8.42 Å². The molecule has 0 spiro atoms. The molecule has 11 nitrogen and oxygen atoms in total. The van der Waals surface area contributed by atoms with E-state index in [1.54, 1.807) is 6.92 Å². The molecule has 0 aliphatic rings. The van der Waals surface area contributed by atoms with Gasteiger partial charge < -0.3 is 15.0 Å². The fraction of sp³-hybridized carbons (Fsp3) is 0.440. The van der Waals surface area contributed by atoms with Gasteiger partial charge in [-0.05, 0) is 37.5 Å². The fourth-order valence-corrected chi connectivity index (χ4v) is 4.52. The third-order valence-electron chi connectivity index (χ3n) is 5.92. The van der Waals surface area contributed by atoms with E-state index in [0.717, 1.165) is 40.6 Å². The summed E-state index contributed by atoms with van der Waals surface area (Å²) in [6.45, 7) is 5.28. The highest BCUT2D eigenvalue weighted by Crippen LogP contribution is 2.34. The molecule has 1 atom stereocenters. The Morgan fingerprint density at radius 3 is 2.43 bits per heavy atom. The SMILES string of the molecule is CCCCNC(=O)C(C)N(Cc1ccccc1C)C(=O)CN(c1cc([N+](=O)[O-])ccc1OC)S(C)(=O)=O. The molecule has 12 heteroatoms. The van der Waals surface area contributed by atoms with Crippen LogP contribution in [0.2, 0.25) is 0 Å². The van der Waals surface area contributed by atoms with Gasteiger partial charge in [0.25, 0.3) is 5.69 Å². The first-order chi connectivity index (χ1) is 17.4. The first kappa shape index (κ1) is 29.6. The molecule has 1 unspecified atom stereocenters. The highest BCUT2D eigenvalue weighted by Gasteiger charge is 2.32. The average molecular weight is 535 g/mol. The molecule has 0 fully saturated rings. The molecule has 37 heavy (non-hydrogen) atoms. The van der Waals surface area contributed by atoms with E-state index < -0.39 is 33.4 Å². The average Bonchev–Trinajstić information content (AvgIpc) is 2.85. The number of hydrogen-bond donors (Lipinski definition) is 1. The topological polar surface area (TPSA) is 139 Å². The Morgan fingerprint density at radius 2 is 1.86 bits per heavy atom. The van der Waals surface area contributed by atoms with Crippen molar-refractivity contribution in [1.82, 2.24) is 10.2 Å². The van der Waals surface area contributed by atoms with E-state index in [1.165, 1.54) is 24.1 Å². The molecular formula is C25H34N4O7S. The number of nitro benzene ring substituents is 1. The second-order valence-electron chi connectivity index (χ2n) is 8.65. The number of unbranched alkanes of at least 4 members (excludes halogenated alkanes) is 1. The van der Waals surface area contributed by atoms with Gasteiger partial charge in [-0.3, -0.25) is 24.0 Å². The Kier molecular flexibility index (Phi) is 10.4. The maximum Gasteiger partial charge on any atom is 0.271 e. The number of nitrogens with zero attached hydrogens (tertiary/aromatic N) is 3. The molecule has 0 bridgehead atoms. The van der Waals surface area contributed by atoms with Crippen LogP contribution in [0.1, 0.15) is 37.8 Å². The zero-order valence-corrected chi connectivity index (χ0v) is 22.6. The Bertz CT molecular complexity index is 1230. The van der Waals surface area contributed by atoms with Gasteiger partial charge in [0.05, 0.1) is 18.3 Å². The van der Waals surface area contributed by atoms with Crippen molar-refractivity contribution in [3.63, 3.8) is 0 Å². The van der Waals surface area contributed by atoms with Gasteiger partial charge in [0, 0.05) is 25.2 Å². The van der Waals surface area contributed by atoms with Crippen molar-refractivity contribution in [2.24, 2.45) is 0 Å². The van der Waals surface area contributed by atoms with Gasteiger partial charge in [0.2, 0.25) is 21.8 Å². The number of amides is 2. The molecule has 202 valence electrons. The second kappa shape index (κ2) is 13.0. The van der Waals surface area contributed by atoms with Crippen LogP contribution in [0.3, 0.4) is 0 Å². The minimum Gasteiger partial charge on any atom is -0.495 e. The summed E-state index contributed by atoms with van der Waals surface area (Å²) in [6.07, 6.45) is 2.55. The van der Waals surface area contributed by atoms with Crippen LogP contribution in [-0.4, -0.2) is 62.6 Å². The van der Waals surface area contributed by atoms with Gasteiger partial charge in [-0.15, -0.1) is 0 Å². The fourth-order valence-electron chi connectivity index (χ4n) is 3.67. The van der Waals surface area contributed by atoms with Crippen LogP contribution in [0.5, 0.6) is 5.75 Å². The van der Waals surface area contributed by atoms with Crippen molar-refractivity contribution in [1.29, 1.82) is 0 Å². The number of rotatable bonds is 13. The molecule has 2 aromatic carbocycles. The van der Waals surface area contributed by atoms with Crippen molar-refractivity contribution < 1.29 is 27.7 Å². The molecule has 0 radical (unpaired) electrons. The molecule has 0 aliphatic heterocycles. The van der Waals surface area contributed by atoms with E-state index in [9.17, 15) is 28.1 Å². The number of nitro groups is 1. The number of benzene rings is 2. The van der Waals surface area contributed by atoms with Gasteiger partial charge in [-0.1, -0.05) is 37.6 Å². The highest BCUT2D eigenvalue weighted by atomic mass is 32.2. The van der Waals surface area contributed by atoms with Crippen LogP contribution >= 0.6 is 0 Å². The van der Waals surface area contributed by atoms with Gasteiger partial charge in [0.15, 0.2) is 0 Å². The molecule has 0 saturated carbocycles. The van der Waals surface area contributed by atoms with Crippen molar-refractivity contribution in [3.8, 4) is 5.75 Å². The lowest BCUT2D eigenvalue weighted by atomic mass is 10.1. The van der Waals surface area contributed by atoms with Crippen LogP contribution < -0.4 is 14.4 Å². The number of hydrogen-bond acceptors (Lipinski definition) is 7. The van der Waals surface area contributed by atoms with E-state index in [-0.39, 0.29) is 29.6 Å². The normalized spacial score (nSPS) is 11.9. The number of sulfonamides is 1. The highest BCUT2D eigenvalue weighted by molar-refractivity contribution is 7.92. The smallest absolute Gasteiger partial charge is 0.271 e. The largest absolute Gasteiger partial charge is 0.495 e. The van der Waals surface area contributed by atoms with Crippen molar-refractivity contribution >= 4 is 33.2 Å². The van der Waals surface area contributed by atoms with Crippen LogP contribution in [-0.2, 0) is 26.2 Å². The second-order valence-corrected chi connectivity index (χ2v) is 10.6. The van der Waals surface area contributed by atoms with Crippen LogP contribution in [0.15, 0.2) is 42.5 Å². The number of ether oxygens (including phenoxy) is 1. The van der Waals surface area contributed by atoms with Crippen molar-refractivity contribution in [3.05, 3.63) is 63.7 Å². The molecule has 0 saturated heterocycles. The van der Waals surface area contributed by atoms with Crippen molar-refractivity contribution in [2.45, 2.75) is 46.2 Å². The number of aryl methyl sites for hydroxylation is 1. The predicted octanol–water partition coefficient (Wildman–Crippen LogP) is 3.01. The van der Waals surface area contributed by atoms with Gasteiger partial charge in [0.1, 0.15) is 24.0 Å². The third-order valence-corrected chi connectivity index (χ3v) is 7.05. The minimum absolute atomic E-state index is 0.0413. The van der Waals surface area contributed by atoms with E-state index >= 15 is 0 Å². The van der Waals surface area contributed by atoms with Crippen molar-refractivity contribution in [2.75, 3.05) is 30.8 Å². The molecule has 2 amide bonds. The zero-order valence-electron chi connectivity index (χ0n) is 21.8. The number of methoxy groups -OCH3 is 1. The first-order valence-electron chi connectivity index (χ1n) is 11.8. The van der Waals surface area contributed by atoms with E-state index in [2.05, 4.69) is 5.32 Å². The van der Waals surface area contributed by atoms with Crippen LogP contribution in [0, 0.1) is 17.0 Å². The monoisotopic (exact) mass is 534 g/mol. The maximum atomic E-state index is 13.6. The first-order valence-corrected chi connectivity index (χ1v) is 13.7. The summed E-state index contributed by atoms with van der Waals surface area (Å²) in [5, 5.41) is 14.2. The number of nitrogens with one attached hydrogen (secondary N) is 1. The summed E-state index contributed by atoms with van der Waals surface area (Å²) in [5.41, 5.74) is 1.18. The molecule has 2 aromatic rings. The Labute approximate surface area is 217 Å². The Morgan fingerprint density at radius 1 is 1.19 bits per heavy atom. The molecule has 0 heterocycles. The summed E-state index contributed by atoms with van der Waals surface area (Å²) in [5.74, 6) is -0.978. The predicted molar refractivity (Wildman–Crippen MR) is 141 cm³/mol. The van der Waals surface area contributed by atoms with E-state index in [1.807, 2.05) is 38.1 Å². The quantitative estimate of drug-likeness (QED) is 0.237. The number of non-ortho nitro benzene ring substituents is 1. The number of carbonyl (C=O) groups excluding carboxylic acids is 2. The summed E-state index contributed by atoms with van der Waals surface area (Å²) in [7, 11) is -2.79. The Hall–Kier alpha value is -3.67. The molecule has 1 N–H and O–H groups in total. The lowest BCUT2D eigenvalue weighted by Gasteiger charge is -2.32. The molecule has 0 aromatic heterocycles. The lowest BCUT2D eigenvalue weighted by Crippen LogP contribution is -2.51. The molecule has 0 aliphatic carbocycles. The van der Waals surface area contributed by atoms with Crippen LogP contribution in [0.25, 0.3) is 0 Å². The molecule has 2 rings (SSSR count). The minimum atomic E-state index is -4.08. The lowest BCUT2D eigenvalue weighted by molar-refractivity contribution is -0.384. The summed E-state index contributed by atoms with van der Waals surface area (Å²) >= 11 is 0. The van der Waals surface area contributed by atoms with Gasteiger partial charge in [-0.2, -0.15) is 0 Å². The number of carbonyl (C=O) groups is 2. The van der Waals surface area contributed by atoms with Gasteiger partial charge >= 0.3 is 0 Å². The van der Waals surface area contributed by atoms with E-state index in [4.69, 9.17) is 4.74 Å². The maximum absolute atomic E-state index is 13.6. The summed E-state index contributed by atoms with van der Waals surface area (Å²) in [6, 6.07) is 9.95. The Balaban J connectivity index is 2.49. The van der Waals surface area contributed by atoms with E-state index in [0.29, 0.717) is 6.54 Å².